The molecule has 1 amide bonds. The van der Waals surface area contributed by atoms with Crippen molar-refractivity contribution in [1.29, 1.82) is 0 Å². The van der Waals surface area contributed by atoms with Gasteiger partial charge in [0, 0.05) is 5.69 Å². The molecule has 0 aromatic heterocycles. The molecule has 0 fully saturated rings. The molecular formula is C17H16ClNO. The van der Waals surface area contributed by atoms with E-state index in [1.807, 2.05) is 18.2 Å². The first-order valence-corrected chi connectivity index (χ1v) is 7.18. The molecule has 20 heavy (non-hydrogen) atoms. The molecule has 2 nitrogen and oxygen atoms in total. The van der Waals surface area contributed by atoms with Crippen molar-refractivity contribution in [3.8, 4) is 0 Å². The Morgan fingerprint density at radius 1 is 1.20 bits per heavy atom. The van der Waals surface area contributed by atoms with Gasteiger partial charge >= 0.3 is 0 Å². The highest BCUT2D eigenvalue weighted by molar-refractivity contribution is 6.21. The van der Waals surface area contributed by atoms with Crippen molar-refractivity contribution >= 4 is 23.2 Å². The Balaban J connectivity index is 1.77. The average molecular weight is 286 g/mol. The average Bonchev–Trinajstić information content (AvgIpc) is 2.80. The summed E-state index contributed by atoms with van der Waals surface area (Å²) >= 11 is 6.51. The zero-order valence-corrected chi connectivity index (χ0v) is 12.1. The summed E-state index contributed by atoms with van der Waals surface area (Å²) in [5, 5.41) is 2.77. The number of nitrogens with one attached hydrogen (secondary N) is 1. The zero-order valence-electron chi connectivity index (χ0n) is 11.3. The Morgan fingerprint density at radius 2 is 1.95 bits per heavy atom. The summed E-state index contributed by atoms with van der Waals surface area (Å²) in [6.45, 7) is 2.08. The highest BCUT2D eigenvalue weighted by Crippen LogP contribution is 2.31. The molecule has 102 valence electrons. The molecule has 0 saturated carbocycles. The molecule has 0 radical (unpaired) electrons. The SMILES string of the molecule is Cc1ccc(CC(Cl)c2ccc3c(c2)CC(=O)N3)cc1. The van der Waals surface area contributed by atoms with Gasteiger partial charge in [-0.15, -0.1) is 11.6 Å². The predicted octanol–water partition coefficient (Wildman–Crippen LogP) is 4.01. The summed E-state index contributed by atoms with van der Waals surface area (Å²) in [5.41, 5.74) is 5.51. The smallest absolute Gasteiger partial charge is 0.228 e. The lowest BCUT2D eigenvalue weighted by Gasteiger charge is -2.11. The van der Waals surface area contributed by atoms with E-state index in [1.54, 1.807) is 0 Å². The Bertz CT molecular complexity index is 649. The van der Waals surface area contributed by atoms with Crippen LogP contribution in [-0.4, -0.2) is 5.91 Å². The Kier molecular flexibility index (Phi) is 3.49. The van der Waals surface area contributed by atoms with Crippen LogP contribution < -0.4 is 5.32 Å². The lowest BCUT2D eigenvalue weighted by Crippen LogP contribution is -2.03. The van der Waals surface area contributed by atoms with Crippen LogP contribution in [0.2, 0.25) is 0 Å². The van der Waals surface area contributed by atoms with E-state index in [2.05, 4.69) is 36.5 Å². The van der Waals surface area contributed by atoms with Crippen LogP contribution in [-0.2, 0) is 17.6 Å². The molecule has 1 aliphatic heterocycles. The number of amides is 1. The number of hydrogen-bond donors (Lipinski definition) is 1. The maximum atomic E-state index is 11.4. The third kappa shape index (κ3) is 2.70. The van der Waals surface area contributed by atoms with E-state index in [4.69, 9.17) is 11.6 Å². The normalized spacial score (nSPS) is 14.8. The van der Waals surface area contributed by atoms with Crippen LogP contribution in [0.15, 0.2) is 42.5 Å². The quantitative estimate of drug-likeness (QED) is 0.848. The second-order valence-electron chi connectivity index (χ2n) is 5.30. The van der Waals surface area contributed by atoms with E-state index in [1.165, 1.54) is 11.1 Å². The molecule has 1 atom stereocenters. The molecule has 0 aliphatic carbocycles. The van der Waals surface area contributed by atoms with Gasteiger partial charge in [-0.3, -0.25) is 4.79 Å². The zero-order chi connectivity index (χ0) is 14.1. The second kappa shape index (κ2) is 5.29. The third-order valence-electron chi connectivity index (χ3n) is 3.65. The summed E-state index contributed by atoms with van der Waals surface area (Å²) in [7, 11) is 0. The number of aryl methyl sites for hydroxylation is 1. The monoisotopic (exact) mass is 285 g/mol. The first-order chi connectivity index (χ1) is 9.61. The van der Waals surface area contributed by atoms with E-state index in [-0.39, 0.29) is 11.3 Å². The molecule has 2 aromatic carbocycles. The van der Waals surface area contributed by atoms with Crippen molar-refractivity contribution in [3.05, 3.63) is 64.7 Å². The van der Waals surface area contributed by atoms with E-state index in [0.717, 1.165) is 23.2 Å². The molecule has 0 spiro atoms. The van der Waals surface area contributed by atoms with E-state index >= 15 is 0 Å². The number of alkyl halides is 1. The second-order valence-corrected chi connectivity index (χ2v) is 5.83. The van der Waals surface area contributed by atoms with Crippen LogP contribution in [0.25, 0.3) is 0 Å². The minimum absolute atomic E-state index is 0.0572. The van der Waals surface area contributed by atoms with Gasteiger partial charge in [0.05, 0.1) is 11.8 Å². The minimum Gasteiger partial charge on any atom is -0.326 e. The Labute approximate surface area is 123 Å². The van der Waals surface area contributed by atoms with E-state index < -0.39 is 0 Å². The van der Waals surface area contributed by atoms with Crippen molar-refractivity contribution < 1.29 is 4.79 Å². The van der Waals surface area contributed by atoms with Gasteiger partial charge in [-0.25, -0.2) is 0 Å². The molecule has 1 aliphatic rings. The molecule has 0 bridgehead atoms. The highest BCUT2D eigenvalue weighted by atomic mass is 35.5. The van der Waals surface area contributed by atoms with Crippen LogP contribution in [0.4, 0.5) is 5.69 Å². The lowest BCUT2D eigenvalue weighted by molar-refractivity contribution is -0.115. The van der Waals surface area contributed by atoms with E-state index in [0.29, 0.717) is 6.42 Å². The van der Waals surface area contributed by atoms with Crippen LogP contribution >= 0.6 is 11.6 Å². The van der Waals surface area contributed by atoms with Gasteiger partial charge in [0.15, 0.2) is 0 Å². The first kappa shape index (κ1) is 13.2. The summed E-state index contributed by atoms with van der Waals surface area (Å²) in [5.74, 6) is 0.0572. The maximum absolute atomic E-state index is 11.4. The number of fused-ring (bicyclic) bond motifs is 1. The molecule has 1 N–H and O–H groups in total. The topological polar surface area (TPSA) is 29.1 Å². The van der Waals surface area contributed by atoms with Gasteiger partial charge in [0.2, 0.25) is 5.91 Å². The number of hydrogen-bond acceptors (Lipinski definition) is 1. The van der Waals surface area contributed by atoms with Gasteiger partial charge in [-0.05, 0) is 36.1 Å². The fourth-order valence-electron chi connectivity index (χ4n) is 2.49. The summed E-state index contributed by atoms with van der Waals surface area (Å²) < 4.78 is 0. The Hall–Kier alpha value is -1.80. The van der Waals surface area contributed by atoms with E-state index in [9.17, 15) is 4.79 Å². The van der Waals surface area contributed by atoms with Gasteiger partial charge < -0.3 is 5.32 Å². The van der Waals surface area contributed by atoms with Gasteiger partial charge in [-0.1, -0.05) is 42.0 Å². The van der Waals surface area contributed by atoms with Crippen molar-refractivity contribution in [2.75, 3.05) is 5.32 Å². The van der Waals surface area contributed by atoms with Gasteiger partial charge in [0.25, 0.3) is 0 Å². The first-order valence-electron chi connectivity index (χ1n) is 6.74. The molecule has 3 rings (SSSR count). The van der Waals surface area contributed by atoms with Crippen molar-refractivity contribution in [3.63, 3.8) is 0 Å². The van der Waals surface area contributed by atoms with Gasteiger partial charge in [-0.2, -0.15) is 0 Å². The third-order valence-corrected chi connectivity index (χ3v) is 4.06. The van der Waals surface area contributed by atoms with Crippen LogP contribution in [0.1, 0.15) is 27.6 Å². The van der Waals surface area contributed by atoms with Crippen LogP contribution in [0.5, 0.6) is 0 Å². The number of carbonyl (C=O) groups is 1. The molecule has 3 heteroatoms. The molecule has 2 aromatic rings. The molecule has 0 saturated heterocycles. The van der Waals surface area contributed by atoms with Crippen molar-refractivity contribution in [2.24, 2.45) is 0 Å². The standard InChI is InChI=1S/C17H16ClNO/c1-11-2-4-12(5-3-11)8-15(18)13-6-7-16-14(9-13)10-17(20)19-16/h2-7,9,15H,8,10H2,1H3,(H,19,20). The van der Waals surface area contributed by atoms with Gasteiger partial charge in [0.1, 0.15) is 0 Å². The lowest BCUT2D eigenvalue weighted by atomic mass is 10.0. The maximum Gasteiger partial charge on any atom is 0.228 e. The number of rotatable bonds is 3. The highest BCUT2D eigenvalue weighted by Gasteiger charge is 2.19. The number of halogens is 1. The molecule has 1 unspecified atom stereocenters. The fraction of sp³-hybridized carbons (Fsp3) is 0.235. The summed E-state index contributed by atoms with van der Waals surface area (Å²) in [6.07, 6.45) is 1.25. The minimum atomic E-state index is -0.0706. The largest absolute Gasteiger partial charge is 0.326 e. The number of benzene rings is 2. The number of carbonyl (C=O) groups excluding carboxylic acids is 1. The summed E-state index contributed by atoms with van der Waals surface area (Å²) in [6, 6.07) is 14.4. The Morgan fingerprint density at radius 3 is 2.70 bits per heavy atom. The van der Waals surface area contributed by atoms with Crippen LogP contribution in [0.3, 0.4) is 0 Å². The number of anilines is 1. The predicted molar refractivity (Wildman–Crippen MR) is 82.3 cm³/mol. The van der Waals surface area contributed by atoms with Crippen LogP contribution in [0, 0.1) is 6.92 Å². The molecule has 1 heterocycles. The van der Waals surface area contributed by atoms with Crippen molar-refractivity contribution in [1.82, 2.24) is 0 Å². The molecular weight excluding hydrogens is 270 g/mol. The summed E-state index contributed by atoms with van der Waals surface area (Å²) in [4.78, 5) is 11.4. The van der Waals surface area contributed by atoms with Crippen molar-refractivity contribution in [2.45, 2.75) is 25.1 Å². The fourth-order valence-corrected chi connectivity index (χ4v) is 2.81.